The monoisotopic (exact) mass is 443 g/mol. The van der Waals surface area contributed by atoms with Gasteiger partial charge in [-0.15, -0.1) is 0 Å². The van der Waals surface area contributed by atoms with Gasteiger partial charge in [0.15, 0.2) is 5.16 Å². The zero-order valence-corrected chi connectivity index (χ0v) is 17.5. The van der Waals surface area contributed by atoms with Crippen LogP contribution in [0.2, 0.25) is 5.02 Å². The van der Waals surface area contributed by atoms with Gasteiger partial charge in [0.2, 0.25) is 5.91 Å². The molecule has 1 amide bonds. The second-order valence-electron chi connectivity index (χ2n) is 6.43. The summed E-state index contributed by atoms with van der Waals surface area (Å²) in [6.45, 7) is 1.77. The standard InChI is InChI=1S/C21H18ClN3O4S/c1-12-16(9-13-5-3-2-4-6-13)19(27)25-21(23-12)30-11-18(26)24-14-7-8-15(20(28)29)17(22)10-14/h2-8,10H,9,11H2,1H3,(H,24,26)(H,28,29)(H,23,25,27). The van der Waals surface area contributed by atoms with Crippen molar-refractivity contribution in [1.29, 1.82) is 0 Å². The number of benzene rings is 2. The number of hydrogen-bond acceptors (Lipinski definition) is 5. The van der Waals surface area contributed by atoms with Gasteiger partial charge in [-0.1, -0.05) is 53.7 Å². The van der Waals surface area contributed by atoms with Gasteiger partial charge in [-0.2, -0.15) is 0 Å². The molecule has 0 aliphatic heterocycles. The third kappa shape index (κ3) is 5.49. The first-order valence-corrected chi connectivity index (χ1v) is 10.3. The van der Waals surface area contributed by atoms with Crippen LogP contribution in [0.1, 0.15) is 27.2 Å². The number of carboxylic acid groups (broad SMARTS) is 1. The highest BCUT2D eigenvalue weighted by atomic mass is 35.5. The fourth-order valence-corrected chi connectivity index (χ4v) is 3.73. The number of aromatic nitrogens is 2. The van der Waals surface area contributed by atoms with E-state index in [1.165, 1.54) is 18.2 Å². The molecule has 30 heavy (non-hydrogen) atoms. The number of rotatable bonds is 7. The number of carbonyl (C=O) groups excluding carboxylic acids is 1. The summed E-state index contributed by atoms with van der Waals surface area (Å²) in [5.74, 6) is -1.47. The molecule has 0 bridgehead atoms. The largest absolute Gasteiger partial charge is 0.478 e. The van der Waals surface area contributed by atoms with Gasteiger partial charge < -0.3 is 15.4 Å². The Morgan fingerprint density at radius 2 is 1.93 bits per heavy atom. The van der Waals surface area contributed by atoms with Crippen molar-refractivity contribution in [2.75, 3.05) is 11.1 Å². The summed E-state index contributed by atoms with van der Waals surface area (Å²) >= 11 is 7.00. The van der Waals surface area contributed by atoms with E-state index in [-0.39, 0.29) is 27.8 Å². The van der Waals surface area contributed by atoms with E-state index in [1.54, 1.807) is 6.92 Å². The molecule has 0 fully saturated rings. The topological polar surface area (TPSA) is 112 Å². The number of amides is 1. The molecule has 3 N–H and O–H groups in total. The van der Waals surface area contributed by atoms with E-state index in [4.69, 9.17) is 16.7 Å². The van der Waals surface area contributed by atoms with E-state index in [0.29, 0.717) is 28.5 Å². The summed E-state index contributed by atoms with van der Waals surface area (Å²) in [4.78, 5) is 42.7. The Morgan fingerprint density at radius 3 is 2.57 bits per heavy atom. The number of carbonyl (C=O) groups is 2. The third-order valence-corrected chi connectivity index (χ3v) is 5.43. The van der Waals surface area contributed by atoms with E-state index < -0.39 is 5.97 Å². The van der Waals surface area contributed by atoms with E-state index in [0.717, 1.165) is 17.3 Å². The number of thioether (sulfide) groups is 1. The fraction of sp³-hybridized carbons (Fsp3) is 0.143. The quantitative estimate of drug-likeness (QED) is 0.378. The molecule has 3 aromatic rings. The summed E-state index contributed by atoms with van der Waals surface area (Å²) < 4.78 is 0. The molecule has 0 aliphatic carbocycles. The molecule has 2 aromatic carbocycles. The van der Waals surface area contributed by atoms with Crippen LogP contribution >= 0.6 is 23.4 Å². The predicted molar refractivity (Wildman–Crippen MR) is 117 cm³/mol. The van der Waals surface area contributed by atoms with Gasteiger partial charge >= 0.3 is 5.97 Å². The minimum absolute atomic E-state index is 0.0126. The third-order valence-electron chi connectivity index (χ3n) is 4.25. The smallest absolute Gasteiger partial charge is 0.337 e. The van der Waals surface area contributed by atoms with E-state index in [1.807, 2.05) is 30.3 Å². The van der Waals surface area contributed by atoms with Crippen molar-refractivity contribution in [3.63, 3.8) is 0 Å². The molecule has 0 spiro atoms. The van der Waals surface area contributed by atoms with Gasteiger partial charge in [-0.05, 0) is 30.7 Å². The predicted octanol–water partition coefficient (Wildman–Crippen LogP) is 3.75. The minimum Gasteiger partial charge on any atom is -0.478 e. The van der Waals surface area contributed by atoms with Crippen LogP contribution in [-0.2, 0) is 11.2 Å². The number of aromatic carboxylic acids is 1. The number of H-pyrrole nitrogens is 1. The molecule has 0 radical (unpaired) electrons. The number of aryl methyl sites for hydroxylation is 1. The van der Waals surface area contributed by atoms with Crippen molar-refractivity contribution in [1.82, 2.24) is 9.97 Å². The van der Waals surface area contributed by atoms with Crippen LogP contribution in [-0.4, -0.2) is 32.7 Å². The van der Waals surface area contributed by atoms with Gasteiger partial charge in [0, 0.05) is 23.4 Å². The van der Waals surface area contributed by atoms with Crippen molar-refractivity contribution in [2.24, 2.45) is 0 Å². The SMILES string of the molecule is Cc1nc(SCC(=O)Nc2ccc(C(=O)O)c(Cl)c2)[nH]c(=O)c1Cc1ccccc1. The molecule has 1 aromatic heterocycles. The number of hydrogen-bond donors (Lipinski definition) is 3. The summed E-state index contributed by atoms with van der Waals surface area (Å²) in [6.07, 6.45) is 0.480. The van der Waals surface area contributed by atoms with Crippen LogP contribution in [0.5, 0.6) is 0 Å². The average Bonchev–Trinajstić information content (AvgIpc) is 2.70. The number of nitrogens with zero attached hydrogens (tertiary/aromatic N) is 1. The zero-order valence-electron chi connectivity index (χ0n) is 15.9. The fourth-order valence-electron chi connectivity index (χ4n) is 2.76. The zero-order chi connectivity index (χ0) is 21.7. The molecule has 0 atom stereocenters. The minimum atomic E-state index is -1.14. The molecule has 7 nitrogen and oxygen atoms in total. The first-order chi connectivity index (χ1) is 14.3. The Morgan fingerprint density at radius 1 is 1.20 bits per heavy atom. The second kappa shape index (κ2) is 9.60. The Hall–Kier alpha value is -3.10. The van der Waals surface area contributed by atoms with Crippen molar-refractivity contribution >= 4 is 40.9 Å². The summed E-state index contributed by atoms with van der Waals surface area (Å²) in [6, 6.07) is 13.8. The maximum atomic E-state index is 12.5. The lowest BCUT2D eigenvalue weighted by atomic mass is 10.1. The lowest BCUT2D eigenvalue weighted by molar-refractivity contribution is -0.113. The van der Waals surface area contributed by atoms with Crippen molar-refractivity contribution in [2.45, 2.75) is 18.5 Å². The maximum Gasteiger partial charge on any atom is 0.337 e. The molecule has 3 rings (SSSR count). The Balaban J connectivity index is 1.63. The molecular formula is C21H18ClN3O4S. The van der Waals surface area contributed by atoms with Gasteiger partial charge in [-0.3, -0.25) is 9.59 Å². The van der Waals surface area contributed by atoms with Gasteiger partial charge in [-0.25, -0.2) is 9.78 Å². The normalized spacial score (nSPS) is 10.6. The highest BCUT2D eigenvalue weighted by molar-refractivity contribution is 7.99. The Labute approximate surface area is 181 Å². The van der Waals surface area contributed by atoms with E-state index in [2.05, 4.69) is 15.3 Å². The average molecular weight is 444 g/mol. The van der Waals surface area contributed by atoms with Crippen molar-refractivity contribution < 1.29 is 14.7 Å². The van der Waals surface area contributed by atoms with Gasteiger partial charge in [0.05, 0.1) is 16.3 Å². The van der Waals surface area contributed by atoms with E-state index >= 15 is 0 Å². The number of nitrogens with one attached hydrogen (secondary N) is 2. The molecular weight excluding hydrogens is 426 g/mol. The molecule has 0 saturated carbocycles. The van der Waals surface area contributed by atoms with Crippen molar-refractivity contribution in [3.05, 3.63) is 86.3 Å². The van der Waals surface area contributed by atoms with Crippen LogP contribution in [0.4, 0.5) is 5.69 Å². The van der Waals surface area contributed by atoms with Crippen LogP contribution < -0.4 is 10.9 Å². The van der Waals surface area contributed by atoms with Crippen LogP contribution in [0.15, 0.2) is 58.5 Å². The highest BCUT2D eigenvalue weighted by Gasteiger charge is 2.13. The van der Waals surface area contributed by atoms with E-state index in [9.17, 15) is 14.4 Å². The van der Waals surface area contributed by atoms with Crippen LogP contribution in [0.25, 0.3) is 0 Å². The summed E-state index contributed by atoms with van der Waals surface area (Å²) in [7, 11) is 0. The number of aromatic amines is 1. The Kier molecular flexibility index (Phi) is 6.91. The number of anilines is 1. The van der Waals surface area contributed by atoms with Crippen molar-refractivity contribution in [3.8, 4) is 0 Å². The summed E-state index contributed by atoms with van der Waals surface area (Å²) in [5.41, 5.74) is 2.32. The van der Waals surface area contributed by atoms with Crippen LogP contribution in [0.3, 0.4) is 0 Å². The molecule has 0 aliphatic rings. The lowest BCUT2D eigenvalue weighted by Gasteiger charge is -2.08. The van der Waals surface area contributed by atoms with Gasteiger partial charge in [0.1, 0.15) is 0 Å². The maximum absolute atomic E-state index is 12.5. The highest BCUT2D eigenvalue weighted by Crippen LogP contribution is 2.21. The lowest BCUT2D eigenvalue weighted by Crippen LogP contribution is -2.19. The second-order valence-corrected chi connectivity index (χ2v) is 7.81. The van der Waals surface area contributed by atoms with Crippen LogP contribution in [0, 0.1) is 6.92 Å². The van der Waals surface area contributed by atoms with Gasteiger partial charge in [0.25, 0.3) is 5.56 Å². The molecule has 1 heterocycles. The first kappa shape index (κ1) is 21.6. The Bertz CT molecular complexity index is 1150. The molecule has 9 heteroatoms. The summed E-state index contributed by atoms with van der Waals surface area (Å²) in [5, 5.41) is 12.0. The number of halogens is 1. The molecule has 0 saturated heterocycles. The molecule has 0 unspecified atom stereocenters. The number of carboxylic acids is 1. The molecule has 154 valence electrons. The first-order valence-electron chi connectivity index (χ1n) is 8.92.